The number of nitrogens with one attached hydrogen (secondary N) is 1. The molecule has 0 saturated heterocycles. The summed E-state index contributed by atoms with van der Waals surface area (Å²) in [7, 11) is -1.75. The highest BCUT2D eigenvalue weighted by Crippen LogP contribution is 2.15. The second kappa shape index (κ2) is 6.09. The molecule has 1 aromatic rings. The molecule has 0 heterocycles. The summed E-state index contributed by atoms with van der Waals surface area (Å²) < 4.78 is 38.4. The molecule has 0 unspecified atom stereocenters. The Balaban J connectivity index is 2.95. The van der Waals surface area contributed by atoms with E-state index in [-0.39, 0.29) is 4.90 Å². The minimum Gasteiger partial charge on any atom is -0.318 e. The number of rotatable bonds is 6. The van der Waals surface area contributed by atoms with Crippen molar-refractivity contribution in [3.63, 3.8) is 0 Å². The predicted octanol–water partition coefficient (Wildman–Crippen LogP) is 1.06. The molecule has 4 nitrogen and oxygen atoms in total. The lowest BCUT2D eigenvalue weighted by atomic mass is 10.4. The first-order valence-corrected chi connectivity index (χ1v) is 6.86. The minimum absolute atomic E-state index is 0.122. The largest absolute Gasteiger partial charge is 0.318 e. The second-order valence-electron chi connectivity index (χ2n) is 3.55. The highest BCUT2D eigenvalue weighted by molar-refractivity contribution is 7.89. The number of nitrogens with zero attached hydrogens (tertiary/aromatic N) is 1. The normalized spacial score (nSPS) is 12.0. The Hall–Kier alpha value is -0.980. The molecule has 0 amide bonds. The molecular formula is C11H17FN2O2S. The molecule has 1 rings (SSSR count). The van der Waals surface area contributed by atoms with Gasteiger partial charge in [0.2, 0.25) is 10.0 Å². The Morgan fingerprint density at radius 3 is 2.35 bits per heavy atom. The molecule has 0 radical (unpaired) electrons. The van der Waals surface area contributed by atoms with E-state index >= 15 is 0 Å². The van der Waals surface area contributed by atoms with E-state index in [1.807, 2.05) is 0 Å². The molecule has 0 atom stereocenters. The van der Waals surface area contributed by atoms with Crippen LogP contribution in [0, 0.1) is 5.82 Å². The van der Waals surface area contributed by atoms with Gasteiger partial charge in [-0.2, -0.15) is 4.31 Å². The Morgan fingerprint density at radius 1 is 1.29 bits per heavy atom. The van der Waals surface area contributed by atoms with Gasteiger partial charge in [0.15, 0.2) is 0 Å². The number of sulfonamides is 1. The van der Waals surface area contributed by atoms with Gasteiger partial charge in [-0.15, -0.1) is 0 Å². The van der Waals surface area contributed by atoms with Gasteiger partial charge in [0.05, 0.1) is 4.90 Å². The van der Waals surface area contributed by atoms with Crippen molar-refractivity contribution in [2.75, 3.05) is 26.7 Å². The van der Waals surface area contributed by atoms with Crippen LogP contribution in [0.3, 0.4) is 0 Å². The van der Waals surface area contributed by atoms with E-state index in [2.05, 4.69) is 5.32 Å². The van der Waals surface area contributed by atoms with E-state index in [1.165, 1.54) is 16.4 Å². The molecule has 0 aliphatic heterocycles. The molecule has 0 aliphatic carbocycles. The highest BCUT2D eigenvalue weighted by atomic mass is 32.2. The van der Waals surface area contributed by atoms with Gasteiger partial charge in [-0.3, -0.25) is 0 Å². The van der Waals surface area contributed by atoms with E-state index in [1.54, 1.807) is 14.0 Å². The lowest BCUT2D eigenvalue weighted by Crippen LogP contribution is -2.35. The average Bonchev–Trinajstić information content (AvgIpc) is 2.30. The van der Waals surface area contributed by atoms with Crippen LogP contribution in [0.4, 0.5) is 4.39 Å². The molecule has 96 valence electrons. The van der Waals surface area contributed by atoms with Gasteiger partial charge in [-0.05, 0) is 31.3 Å². The third-order valence-electron chi connectivity index (χ3n) is 2.42. The lowest BCUT2D eigenvalue weighted by molar-refractivity contribution is 0.425. The van der Waals surface area contributed by atoms with Crippen LogP contribution < -0.4 is 5.32 Å². The first-order valence-electron chi connectivity index (χ1n) is 5.42. The fourth-order valence-corrected chi connectivity index (χ4v) is 2.89. The number of hydrogen-bond donors (Lipinski definition) is 1. The molecular weight excluding hydrogens is 243 g/mol. The Kier molecular flexibility index (Phi) is 5.04. The molecule has 1 aromatic carbocycles. The van der Waals surface area contributed by atoms with Crippen LogP contribution in [-0.2, 0) is 10.0 Å². The SMILES string of the molecule is CCN(CCNC)S(=O)(=O)c1ccc(F)cc1. The summed E-state index contributed by atoms with van der Waals surface area (Å²) in [4.78, 5) is 0.122. The van der Waals surface area contributed by atoms with Crippen LogP contribution >= 0.6 is 0 Å². The maximum Gasteiger partial charge on any atom is 0.243 e. The van der Waals surface area contributed by atoms with Crippen LogP contribution in [0.1, 0.15) is 6.92 Å². The first-order chi connectivity index (χ1) is 8.02. The third kappa shape index (κ3) is 3.49. The summed E-state index contributed by atoms with van der Waals surface area (Å²) in [5.41, 5.74) is 0. The molecule has 0 saturated carbocycles. The van der Waals surface area contributed by atoms with Crippen molar-refractivity contribution in [3.8, 4) is 0 Å². The summed E-state index contributed by atoms with van der Waals surface area (Å²) >= 11 is 0. The number of halogens is 1. The molecule has 17 heavy (non-hydrogen) atoms. The monoisotopic (exact) mass is 260 g/mol. The zero-order valence-corrected chi connectivity index (χ0v) is 10.8. The maximum atomic E-state index is 12.7. The number of likely N-dealkylation sites (N-methyl/N-ethyl adjacent to an activating group) is 2. The second-order valence-corrected chi connectivity index (χ2v) is 5.49. The fraction of sp³-hybridized carbons (Fsp3) is 0.455. The molecule has 0 aromatic heterocycles. The summed E-state index contributed by atoms with van der Waals surface area (Å²) in [6, 6.07) is 4.87. The third-order valence-corrected chi connectivity index (χ3v) is 4.40. The summed E-state index contributed by atoms with van der Waals surface area (Å²) in [5.74, 6) is -0.442. The van der Waals surface area contributed by atoms with Crippen LogP contribution in [0.25, 0.3) is 0 Å². The van der Waals surface area contributed by atoms with Gasteiger partial charge in [0, 0.05) is 19.6 Å². The first kappa shape index (κ1) is 14.1. The quantitative estimate of drug-likeness (QED) is 0.832. The molecule has 0 bridgehead atoms. The predicted molar refractivity (Wildman–Crippen MR) is 64.8 cm³/mol. The summed E-state index contributed by atoms with van der Waals surface area (Å²) in [6.07, 6.45) is 0. The van der Waals surface area contributed by atoms with E-state index in [0.717, 1.165) is 12.1 Å². The smallest absolute Gasteiger partial charge is 0.243 e. The maximum absolute atomic E-state index is 12.7. The highest BCUT2D eigenvalue weighted by Gasteiger charge is 2.22. The van der Waals surface area contributed by atoms with Crippen molar-refractivity contribution in [1.29, 1.82) is 0 Å². The van der Waals surface area contributed by atoms with E-state index in [4.69, 9.17) is 0 Å². The zero-order chi connectivity index (χ0) is 12.9. The van der Waals surface area contributed by atoms with Gasteiger partial charge in [0.25, 0.3) is 0 Å². The molecule has 0 aliphatic rings. The number of benzene rings is 1. The van der Waals surface area contributed by atoms with E-state index in [0.29, 0.717) is 19.6 Å². The van der Waals surface area contributed by atoms with Gasteiger partial charge < -0.3 is 5.32 Å². The fourth-order valence-electron chi connectivity index (χ4n) is 1.44. The molecule has 1 N–H and O–H groups in total. The standard InChI is InChI=1S/C11H17FN2O2S/c1-3-14(9-8-13-2)17(15,16)11-6-4-10(12)5-7-11/h4-7,13H,3,8-9H2,1-2H3. The summed E-state index contributed by atoms with van der Waals surface area (Å²) in [5, 5.41) is 2.90. The van der Waals surface area contributed by atoms with Gasteiger partial charge in [0.1, 0.15) is 5.82 Å². The Morgan fingerprint density at radius 2 is 1.88 bits per heavy atom. The van der Waals surface area contributed by atoms with Crippen molar-refractivity contribution >= 4 is 10.0 Å². The topological polar surface area (TPSA) is 49.4 Å². The number of hydrogen-bond acceptors (Lipinski definition) is 3. The van der Waals surface area contributed by atoms with Gasteiger partial charge >= 0.3 is 0 Å². The van der Waals surface area contributed by atoms with Crippen molar-refractivity contribution in [3.05, 3.63) is 30.1 Å². The van der Waals surface area contributed by atoms with Crippen LogP contribution in [0.15, 0.2) is 29.2 Å². The van der Waals surface area contributed by atoms with Crippen LogP contribution in [-0.4, -0.2) is 39.4 Å². The van der Waals surface area contributed by atoms with E-state index in [9.17, 15) is 12.8 Å². The molecule has 0 fully saturated rings. The van der Waals surface area contributed by atoms with Crippen molar-refractivity contribution in [2.24, 2.45) is 0 Å². The van der Waals surface area contributed by atoms with Gasteiger partial charge in [-0.25, -0.2) is 12.8 Å². The van der Waals surface area contributed by atoms with Crippen molar-refractivity contribution in [2.45, 2.75) is 11.8 Å². The van der Waals surface area contributed by atoms with Crippen LogP contribution in [0.2, 0.25) is 0 Å². The van der Waals surface area contributed by atoms with Gasteiger partial charge in [-0.1, -0.05) is 6.92 Å². The summed E-state index contributed by atoms with van der Waals surface area (Å²) in [6.45, 7) is 3.14. The average molecular weight is 260 g/mol. The molecule has 0 spiro atoms. The lowest BCUT2D eigenvalue weighted by Gasteiger charge is -2.20. The van der Waals surface area contributed by atoms with Crippen molar-refractivity contribution in [1.82, 2.24) is 9.62 Å². The zero-order valence-electron chi connectivity index (χ0n) is 9.98. The van der Waals surface area contributed by atoms with Crippen molar-refractivity contribution < 1.29 is 12.8 Å². The minimum atomic E-state index is -3.51. The van der Waals surface area contributed by atoms with Crippen LogP contribution in [0.5, 0.6) is 0 Å². The van der Waals surface area contributed by atoms with E-state index < -0.39 is 15.8 Å². The Bertz CT molecular complexity index is 445. The Labute approximate surface area is 101 Å². The molecule has 6 heteroatoms.